The summed E-state index contributed by atoms with van der Waals surface area (Å²) in [4.78, 5) is 12.3. The second-order valence-electron chi connectivity index (χ2n) is 7.55. The molecule has 4 nitrogen and oxygen atoms in total. The summed E-state index contributed by atoms with van der Waals surface area (Å²) in [5.41, 5.74) is 0.145. The van der Waals surface area contributed by atoms with E-state index in [2.05, 4.69) is 20.8 Å². The quantitative estimate of drug-likeness (QED) is 0.764. The van der Waals surface area contributed by atoms with Crippen molar-refractivity contribution in [1.29, 1.82) is 0 Å². The Morgan fingerprint density at radius 3 is 1.81 bits per heavy atom. The molecule has 0 aliphatic carbocycles. The standard InChI is InChI=1S/C22H28O4/c1-21(2,3)15-16-26-22(19(23)20(24)25-4,17-11-7-5-8-12-17)18-13-9-6-10-14-18/h5-14,19,23H,15-16H2,1-4H3. The van der Waals surface area contributed by atoms with Crippen LogP contribution in [0, 0.1) is 5.41 Å². The molecular weight excluding hydrogens is 328 g/mol. The van der Waals surface area contributed by atoms with Crippen LogP contribution in [0.4, 0.5) is 0 Å². The zero-order chi connectivity index (χ0) is 19.2. The number of aliphatic hydroxyl groups excluding tert-OH is 1. The lowest BCUT2D eigenvalue weighted by Crippen LogP contribution is -2.48. The van der Waals surface area contributed by atoms with Gasteiger partial charge in [0, 0.05) is 6.61 Å². The van der Waals surface area contributed by atoms with Crippen LogP contribution in [-0.2, 0) is 19.9 Å². The summed E-state index contributed by atoms with van der Waals surface area (Å²) in [5, 5.41) is 11.0. The number of aliphatic hydroxyl groups is 1. The molecule has 0 spiro atoms. The zero-order valence-corrected chi connectivity index (χ0v) is 15.9. The van der Waals surface area contributed by atoms with Gasteiger partial charge in [-0.25, -0.2) is 4.79 Å². The van der Waals surface area contributed by atoms with Crippen molar-refractivity contribution in [2.45, 2.75) is 38.9 Å². The molecule has 0 aromatic heterocycles. The second-order valence-corrected chi connectivity index (χ2v) is 7.55. The highest BCUT2D eigenvalue weighted by molar-refractivity contribution is 5.77. The van der Waals surface area contributed by atoms with Gasteiger partial charge in [0.1, 0.15) is 0 Å². The van der Waals surface area contributed by atoms with E-state index in [-0.39, 0.29) is 5.41 Å². The molecule has 4 heteroatoms. The number of hydrogen-bond donors (Lipinski definition) is 1. The van der Waals surface area contributed by atoms with Gasteiger partial charge in [0.2, 0.25) is 0 Å². The molecule has 0 radical (unpaired) electrons. The number of methoxy groups -OCH3 is 1. The Morgan fingerprint density at radius 2 is 1.42 bits per heavy atom. The summed E-state index contributed by atoms with van der Waals surface area (Å²) in [6.45, 7) is 6.76. The highest BCUT2D eigenvalue weighted by Crippen LogP contribution is 2.38. The summed E-state index contributed by atoms with van der Waals surface area (Å²) >= 11 is 0. The average molecular weight is 356 g/mol. The topological polar surface area (TPSA) is 55.8 Å². The van der Waals surface area contributed by atoms with E-state index < -0.39 is 17.7 Å². The molecule has 0 saturated carbocycles. The molecule has 1 unspecified atom stereocenters. The van der Waals surface area contributed by atoms with E-state index >= 15 is 0 Å². The van der Waals surface area contributed by atoms with E-state index in [0.717, 1.165) is 6.42 Å². The number of esters is 1. The molecule has 0 bridgehead atoms. The van der Waals surface area contributed by atoms with Crippen LogP contribution in [-0.4, -0.2) is 30.9 Å². The van der Waals surface area contributed by atoms with E-state index in [4.69, 9.17) is 9.47 Å². The van der Waals surface area contributed by atoms with Crippen molar-refractivity contribution in [2.24, 2.45) is 5.41 Å². The number of rotatable bonds is 7. The van der Waals surface area contributed by atoms with Gasteiger partial charge in [-0.3, -0.25) is 0 Å². The lowest BCUT2D eigenvalue weighted by Gasteiger charge is -2.38. The molecule has 1 N–H and O–H groups in total. The zero-order valence-electron chi connectivity index (χ0n) is 15.9. The van der Waals surface area contributed by atoms with Gasteiger partial charge in [-0.2, -0.15) is 0 Å². The maximum Gasteiger partial charge on any atom is 0.338 e. The summed E-state index contributed by atoms with van der Waals surface area (Å²) in [5.74, 6) is -0.728. The molecule has 0 amide bonds. The molecule has 2 rings (SSSR count). The van der Waals surface area contributed by atoms with E-state index in [0.29, 0.717) is 17.7 Å². The highest BCUT2D eigenvalue weighted by atomic mass is 16.6. The van der Waals surface area contributed by atoms with Crippen LogP contribution < -0.4 is 0 Å². The first kappa shape index (κ1) is 20.1. The largest absolute Gasteiger partial charge is 0.467 e. The Labute approximate surface area is 155 Å². The van der Waals surface area contributed by atoms with Crippen LogP contribution in [0.25, 0.3) is 0 Å². The Kier molecular flexibility index (Phi) is 6.57. The van der Waals surface area contributed by atoms with Crippen molar-refractivity contribution in [2.75, 3.05) is 13.7 Å². The van der Waals surface area contributed by atoms with Crippen LogP contribution in [0.1, 0.15) is 38.3 Å². The van der Waals surface area contributed by atoms with Crippen molar-refractivity contribution >= 4 is 5.97 Å². The van der Waals surface area contributed by atoms with Crippen molar-refractivity contribution < 1.29 is 19.4 Å². The molecule has 140 valence electrons. The third-order valence-corrected chi connectivity index (χ3v) is 4.40. The summed E-state index contributed by atoms with van der Waals surface area (Å²) < 4.78 is 11.2. The molecule has 0 fully saturated rings. The molecule has 26 heavy (non-hydrogen) atoms. The van der Waals surface area contributed by atoms with Gasteiger partial charge in [-0.05, 0) is 23.0 Å². The molecule has 1 atom stereocenters. The van der Waals surface area contributed by atoms with Gasteiger partial charge in [-0.1, -0.05) is 81.4 Å². The fourth-order valence-electron chi connectivity index (χ4n) is 2.90. The molecule has 0 aliphatic heterocycles. The van der Waals surface area contributed by atoms with E-state index in [1.807, 2.05) is 60.7 Å². The van der Waals surface area contributed by atoms with Crippen LogP contribution in [0.3, 0.4) is 0 Å². The first-order valence-corrected chi connectivity index (χ1v) is 8.82. The maximum atomic E-state index is 12.3. The number of benzene rings is 2. The van der Waals surface area contributed by atoms with Crippen LogP contribution in [0.15, 0.2) is 60.7 Å². The van der Waals surface area contributed by atoms with Crippen molar-refractivity contribution in [3.8, 4) is 0 Å². The minimum atomic E-state index is -1.49. The normalized spacial score (nSPS) is 13.3. The fourth-order valence-corrected chi connectivity index (χ4v) is 2.90. The van der Waals surface area contributed by atoms with Gasteiger partial charge in [0.05, 0.1) is 7.11 Å². The average Bonchev–Trinajstić information content (AvgIpc) is 2.64. The summed E-state index contributed by atoms with van der Waals surface area (Å²) in [6, 6.07) is 18.7. The first-order chi connectivity index (χ1) is 12.3. The van der Waals surface area contributed by atoms with E-state index in [9.17, 15) is 9.90 Å². The van der Waals surface area contributed by atoms with E-state index in [1.54, 1.807) is 0 Å². The predicted molar refractivity (Wildman–Crippen MR) is 102 cm³/mol. The van der Waals surface area contributed by atoms with Gasteiger partial charge >= 0.3 is 5.97 Å². The highest BCUT2D eigenvalue weighted by Gasteiger charge is 2.47. The lowest BCUT2D eigenvalue weighted by molar-refractivity contribution is -0.171. The summed E-state index contributed by atoms with van der Waals surface area (Å²) in [6.07, 6.45) is -0.709. The van der Waals surface area contributed by atoms with Gasteiger partial charge in [-0.15, -0.1) is 0 Å². The molecule has 0 aliphatic rings. The Hall–Kier alpha value is -2.17. The molecule has 2 aromatic carbocycles. The van der Waals surface area contributed by atoms with Crippen LogP contribution in [0.2, 0.25) is 0 Å². The van der Waals surface area contributed by atoms with Crippen LogP contribution >= 0.6 is 0 Å². The molecule has 2 aromatic rings. The number of ether oxygens (including phenoxy) is 2. The van der Waals surface area contributed by atoms with Crippen molar-refractivity contribution in [1.82, 2.24) is 0 Å². The third kappa shape index (κ3) is 4.51. The third-order valence-electron chi connectivity index (χ3n) is 4.40. The minimum absolute atomic E-state index is 0.0648. The first-order valence-electron chi connectivity index (χ1n) is 8.82. The monoisotopic (exact) mass is 356 g/mol. The SMILES string of the molecule is COC(=O)C(O)C(OCCC(C)(C)C)(c1ccccc1)c1ccccc1. The van der Waals surface area contributed by atoms with Crippen molar-refractivity contribution in [3.05, 3.63) is 71.8 Å². The van der Waals surface area contributed by atoms with Gasteiger partial charge in [0.15, 0.2) is 11.7 Å². The van der Waals surface area contributed by atoms with Gasteiger partial charge < -0.3 is 14.6 Å². The Balaban J connectivity index is 2.57. The number of carbonyl (C=O) groups excluding carboxylic acids is 1. The second kappa shape index (κ2) is 8.47. The molecule has 0 heterocycles. The number of carbonyl (C=O) groups is 1. The predicted octanol–water partition coefficient (Wildman–Crippen LogP) is 3.92. The lowest BCUT2D eigenvalue weighted by atomic mass is 9.81. The fraction of sp³-hybridized carbons (Fsp3) is 0.409. The minimum Gasteiger partial charge on any atom is -0.467 e. The Bertz CT molecular complexity index is 650. The number of hydrogen-bond acceptors (Lipinski definition) is 4. The van der Waals surface area contributed by atoms with E-state index in [1.165, 1.54) is 7.11 Å². The molecule has 0 saturated heterocycles. The van der Waals surface area contributed by atoms with Crippen molar-refractivity contribution in [3.63, 3.8) is 0 Å². The van der Waals surface area contributed by atoms with Crippen LogP contribution in [0.5, 0.6) is 0 Å². The smallest absolute Gasteiger partial charge is 0.338 e. The maximum absolute atomic E-state index is 12.3. The summed E-state index contributed by atoms with van der Waals surface area (Å²) in [7, 11) is 1.27. The Morgan fingerprint density at radius 1 is 0.962 bits per heavy atom. The van der Waals surface area contributed by atoms with Gasteiger partial charge in [0.25, 0.3) is 0 Å². The molecular formula is C22H28O4.